The van der Waals surface area contributed by atoms with Gasteiger partial charge in [0.05, 0.1) is 10.5 Å². The van der Waals surface area contributed by atoms with Crippen LogP contribution in [0.1, 0.15) is 41.6 Å². The van der Waals surface area contributed by atoms with Gasteiger partial charge in [-0.25, -0.2) is 17.7 Å². The highest BCUT2D eigenvalue weighted by Gasteiger charge is 2.31. The van der Waals surface area contributed by atoms with Crippen molar-refractivity contribution in [2.75, 3.05) is 6.54 Å². The second-order valence-corrected chi connectivity index (χ2v) is 10.1. The lowest BCUT2D eigenvalue weighted by Gasteiger charge is -2.27. The zero-order chi connectivity index (χ0) is 24.9. The molecule has 1 heterocycles. The largest absolute Gasteiger partial charge is 0.416 e. The standard InChI is InChI=1S/C22H25F3N4O4S/c1-29-12-2-3-17(14-29)21(31)28-27-20(30)16-6-4-15(5-7-16)13-26-34(32,33)19-10-8-18(9-11-19)22(23,24)25/h2-3,8-12,14-16,26H,4-7,13H2,1H3,(H-,27,28,30,31)/p+1. The maximum Gasteiger partial charge on any atom is 0.416 e. The molecule has 0 saturated heterocycles. The summed E-state index contributed by atoms with van der Waals surface area (Å²) in [6.45, 7) is 0.124. The molecule has 8 nitrogen and oxygen atoms in total. The quantitative estimate of drug-likeness (QED) is 0.418. The number of aromatic nitrogens is 1. The van der Waals surface area contributed by atoms with Gasteiger partial charge >= 0.3 is 6.18 Å². The number of carbonyl (C=O) groups is 2. The van der Waals surface area contributed by atoms with Crippen molar-refractivity contribution in [3.63, 3.8) is 0 Å². The number of halogens is 3. The number of carbonyl (C=O) groups excluding carboxylic acids is 2. The van der Waals surface area contributed by atoms with Gasteiger partial charge in [0.1, 0.15) is 12.6 Å². The molecule has 2 aromatic rings. The predicted octanol–water partition coefficient (Wildman–Crippen LogP) is 2.08. The highest BCUT2D eigenvalue weighted by atomic mass is 32.2. The van der Waals surface area contributed by atoms with Gasteiger partial charge in [0.15, 0.2) is 12.4 Å². The molecule has 1 aliphatic carbocycles. The second-order valence-electron chi connectivity index (χ2n) is 8.29. The zero-order valence-corrected chi connectivity index (χ0v) is 19.2. The van der Waals surface area contributed by atoms with E-state index in [1.807, 2.05) is 0 Å². The van der Waals surface area contributed by atoms with Gasteiger partial charge in [0.2, 0.25) is 15.9 Å². The Bertz CT molecular complexity index is 1130. The third-order valence-electron chi connectivity index (χ3n) is 5.77. The first-order chi connectivity index (χ1) is 16.0. The first-order valence-corrected chi connectivity index (χ1v) is 12.2. The number of amides is 2. The van der Waals surface area contributed by atoms with Gasteiger partial charge in [0, 0.05) is 18.5 Å². The van der Waals surface area contributed by atoms with E-state index < -0.39 is 27.7 Å². The van der Waals surface area contributed by atoms with Crippen LogP contribution < -0.4 is 20.1 Å². The number of hydrogen-bond donors (Lipinski definition) is 3. The van der Waals surface area contributed by atoms with Crippen molar-refractivity contribution in [3.05, 3.63) is 59.9 Å². The molecular weight excluding hydrogens is 473 g/mol. The summed E-state index contributed by atoms with van der Waals surface area (Å²) in [4.78, 5) is 24.3. The normalized spacial score (nSPS) is 18.8. The third kappa shape index (κ3) is 6.76. The fourth-order valence-corrected chi connectivity index (χ4v) is 4.89. The molecule has 0 radical (unpaired) electrons. The van der Waals surface area contributed by atoms with Crippen molar-refractivity contribution in [3.8, 4) is 0 Å². The number of nitrogens with zero attached hydrogens (tertiary/aromatic N) is 1. The van der Waals surface area contributed by atoms with Crippen LogP contribution in [0.25, 0.3) is 0 Å². The first-order valence-electron chi connectivity index (χ1n) is 10.7. The van der Waals surface area contributed by atoms with Crippen molar-refractivity contribution in [2.24, 2.45) is 18.9 Å². The minimum absolute atomic E-state index is 0.00724. The zero-order valence-electron chi connectivity index (χ0n) is 18.4. The molecule has 2 amide bonds. The summed E-state index contributed by atoms with van der Waals surface area (Å²) >= 11 is 0. The molecule has 0 aliphatic heterocycles. The Balaban J connectivity index is 1.43. The molecule has 184 valence electrons. The molecule has 0 atom stereocenters. The Morgan fingerprint density at radius 3 is 2.26 bits per heavy atom. The van der Waals surface area contributed by atoms with Gasteiger partial charge in [0.25, 0.3) is 5.91 Å². The topological polar surface area (TPSA) is 108 Å². The van der Waals surface area contributed by atoms with Crippen LogP contribution in [-0.4, -0.2) is 26.8 Å². The molecule has 1 aliphatic rings. The molecule has 1 aromatic heterocycles. The highest BCUT2D eigenvalue weighted by molar-refractivity contribution is 7.89. The van der Waals surface area contributed by atoms with Crippen molar-refractivity contribution in [1.29, 1.82) is 0 Å². The fourth-order valence-electron chi connectivity index (χ4n) is 3.78. The number of aryl methyl sites for hydroxylation is 1. The maximum absolute atomic E-state index is 12.7. The van der Waals surface area contributed by atoms with E-state index in [2.05, 4.69) is 15.6 Å². The monoisotopic (exact) mass is 499 g/mol. The molecule has 0 spiro atoms. The Kier molecular flexibility index (Phi) is 7.93. The Morgan fingerprint density at radius 1 is 1.03 bits per heavy atom. The molecule has 0 bridgehead atoms. The van der Waals surface area contributed by atoms with Crippen LogP contribution in [0.5, 0.6) is 0 Å². The number of sulfonamides is 1. The summed E-state index contributed by atoms with van der Waals surface area (Å²) in [5.74, 6) is -1.06. The third-order valence-corrected chi connectivity index (χ3v) is 7.21. The summed E-state index contributed by atoms with van der Waals surface area (Å²) in [5, 5.41) is 0. The number of alkyl halides is 3. The Hall–Kier alpha value is -2.99. The van der Waals surface area contributed by atoms with Crippen LogP contribution in [0.3, 0.4) is 0 Å². The minimum Gasteiger partial charge on any atom is -0.273 e. The van der Waals surface area contributed by atoms with Gasteiger partial charge in [-0.2, -0.15) is 13.2 Å². The molecule has 3 rings (SSSR count). The first kappa shape index (κ1) is 25.6. The summed E-state index contributed by atoms with van der Waals surface area (Å²) in [6, 6.07) is 6.65. The molecule has 1 aromatic carbocycles. The van der Waals surface area contributed by atoms with Crippen LogP contribution in [0.4, 0.5) is 13.2 Å². The molecule has 12 heteroatoms. The average molecular weight is 500 g/mol. The summed E-state index contributed by atoms with van der Waals surface area (Å²) in [7, 11) is -2.17. The highest BCUT2D eigenvalue weighted by Crippen LogP contribution is 2.30. The number of hydrazine groups is 1. The molecule has 34 heavy (non-hydrogen) atoms. The Morgan fingerprint density at radius 2 is 1.68 bits per heavy atom. The Labute approximate surface area is 195 Å². The van der Waals surface area contributed by atoms with Gasteiger partial charge in [-0.3, -0.25) is 20.4 Å². The number of nitrogens with one attached hydrogen (secondary N) is 3. The van der Waals surface area contributed by atoms with Gasteiger partial charge < -0.3 is 0 Å². The number of benzene rings is 1. The lowest BCUT2D eigenvalue weighted by atomic mass is 9.82. The van der Waals surface area contributed by atoms with Crippen molar-refractivity contribution in [1.82, 2.24) is 15.6 Å². The van der Waals surface area contributed by atoms with E-state index in [4.69, 9.17) is 0 Å². The lowest BCUT2D eigenvalue weighted by molar-refractivity contribution is -0.671. The van der Waals surface area contributed by atoms with E-state index >= 15 is 0 Å². The summed E-state index contributed by atoms with van der Waals surface area (Å²) in [5.41, 5.74) is 4.31. The fraction of sp³-hybridized carbons (Fsp3) is 0.409. The van der Waals surface area contributed by atoms with Crippen LogP contribution in [-0.2, 0) is 28.0 Å². The molecular formula is C22H26F3N4O4S+. The summed E-state index contributed by atoms with van der Waals surface area (Å²) in [6.07, 6.45) is 1.09. The van der Waals surface area contributed by atoms with Gasteiger partial charge in [-0.05, 0) is 61.9 Å². The van der Waals surface area contributed by atoms with Crippen molar-refractivity contribution in [2.45, 2.75) is 36.8 Å². The minimum atomic E-state index is -4.54. The van der Waals surface area contributed by atoms with Crippen molar-refractivity contribution < 1.29 is 35.7 Å². The van der Waals surface area contributed by atoms with Gasteiger partial charge in [-0.1, -0.05) is 0 Å². The molecule has 1 saturated carbocycles. The van der Waals surface area contributed by atoms with E-state index in [0.717, 1.165) is 24.3 Å². The van der Waals surface area contributed by atoms with E-state index in [9.17, 15) is 31.2 Å². The SMILES string of the molecule is C[n+]1cccc(C(=O)NNC(=O)C2CCC(CNS(=O)(=O)c3ccc(C(F)(F)F)cc3)CC2)c1. The second kappa shape index (κ2) is 10.5. The lowest BCUT2D eigenvalue weighted by Crippen LogP contribution is -2.46. The van der Waals surface area contributed by atoms with E-state index in [0.29, 0.717) is 31.2 Å². The van der Waals surface area contributed by atoms with Crippen LogP contribution in [0, 0.1) is 11.8 Å². The summed E-state index contributed by atoms with van der Waals surface area (Å²) < 4.78 is 66.9. The molecule has 3 N–H and O–H groups in total. The number of hydrogen-bond acceptors (Lipinski definition) is 4. The van der Waals surface area contributed by atoms with Crippen LogP contribution >= 0.6 is 0 Å². The maximum atomic E-state index is 12.7. The number of pyridine rings is 1. The van der Waals surface area contributed by atoms with Crippen LogP contribution in [0.2, 0.25) is 0 Å². The molecule has 1 fully saturated rings. The van der Waals surface area contributed by atoms with Crippen molar-refractivity contribution >= 4 is 21.8 Å². The van der Waals surface area contributed by atoms with Crippen LogP contribution in [0.15, 0.2) is 53.7 Å². The van der Waals surface area contributed by atoms with E-state index in [1.54, 1.807) is 36.1 Å². The van der Waals surface area contributed by atoms with E-state index in [1.165, 1.54) is 0 Å². The number of rotatable bonds is 6. The smallest absolute Gasteiger partial charge is 0.273 e. The van der Waals surface area contributed by atoms with E-state index in [-0.39, 0.29) is 29.2 Å². The average Bonchev–Trinajstić information content (AvgIpc) is 2.81. The molecule has 0 unspecified atom stereocenters. The van der Waals surface area contributed by atoms with Gasteiger partial charge in [-0.15, -0.1) is 0 Å². The predicted molar refractivity (Wildman–Crippen MR) is 115 cm³/mol.